The highest BCUT2D eigenvalue weighted by atomic mass is 79.9. The van der Waals surface area contributed by atoms with Gasteiger partial charge in [-0.05, 0) is 69.2 Å². The Morgan fingerprint density at radius 3 is 2.33 bits per heavy atom. The molecule has 1 aromatic heterocycles. The topological polar surface area (TPSA) is 88.5 Å². The largest absolute Gasteiger partial charge is 0.506 e. The first-order valence-electron chi connectivity index (χ1n) is 11.2. The van der Waals surface area contributed by atoms with Crippen LogP contribution >= 0.6 is 15.9 Å². The van der Waals surface area contributed by atoms with Crippen molar-refractivity contribution in [1.29, 1.82) is 0 Å². The van der Waals surface area contributed by atoms with E-state index in [2.05, 4.69) is 21.2 Å². The summed E-state index contributed by atoms with van der Waals surface area (Å²) in [5, 5.41) is 13.3. The summed E-state index contributed by atoms with van der Waals surface area (Å²) in [6, 6.07) is 15.7. The molecule has 3 saturated carbocycles. The normalized spacial score (nSPS) is 23.9. The zero-order valence-corrected chi connectivity index (χ0v) is 19.9. The van der Waals surface area contributed by atoms with E-state index in [0.717, 1.165) is 32.2 Å². The second kappa shape index (κ2) is 8.13. The van der Waals surface area contributed by atoms with E-state index in [9.17, 15) is 9.59 Å². The van der Waals surface area contributed by atoms with Crippen molar-refractivity contribution in [3.05, 3.63) is 64.1 Å². The van der Waals surface area contributed by atoms with E-state index >= 15 is 0 Å². The van der Waals surface area contributed by atoms with Gasteiger partial charge in [0.2, 0.25) is 0 Å². The van der Waals surface area contributed by atoms with E-state index in [1.165, 1.54) is 0 Å². The third kappa shape index (κ3) is 3.99. The first-order chi connectivity index (χ1) is 15.8. The predicted molar refractivity (Wildman–Crippen MR) is 129 cm³/mol. The molecule has 6 rings (SSSR count). The maximum atomic E-state index is 13.8. The number of benzene rings is 2. The molecule has 33 heavy (non-hydrogen) atoms. The Morgan fingerprint density at radius 1 is 1.03 bits per heavy atom. The lowest BCUT2D eigenvalue weighted by molar-refractivity contribution is -0.0930. The zero-order valence-electron chi connectivity index (χ0n) is 18.4. The Hall–Kier alpha value is -2.93. The summed E-state index contributed by atoms with van der Waals surface area (Å²) in [5.74, 6) is -0.108. The van der Waals surface area contributed by atoms with Crippen LogP contribution in [0.15, 0.2) is 53.0 Å². The second-order valence-corrected chi connectivity index (χ2v) is 10.2. The van der Waals surface area contributed by atoms with E-state index in [1.54, 1.807) is 0 Å². The van der Waals surface area contributed by atoms with Crippen LogP contribution in [0.5, 0.6) is 0 Å². The number of carbonyl (C=O) groups excluding carboxylic acids is 1. The molecule has 3 aliphatic carbocycles. The minimum absolute atomic E-state index is 0.108. The van der Waals surface area contributed by atoms with Gasteiger partial charge in [0.15, 0.2) is 0 Å². The Balaban J connectivity index is 1.52. The molecule has 3 aromatic rings. The summed E-state index contributed by atoms with van der Waals surface area (Å²) in [5.41, 5.74) is 3.10. The highest BCUT2D eigenvalue weighted by molar-refractivity contribution is 9.10. The van der Waals surface area contributed by atoms with Crippen LogP contribution in [0.2, 0.25) is 0 Å². The second-order valence-electron chi connectivity index (χ2n) is 9.27. The van der Waals surface area contributed by atoms with Crippen LogP contribution in [-0.2, 0) is 4.74 Å². The number of nitrogens with zero attached hydrogens (tertiary/aromatic N) is 1. The molecule has 0 unspecified atom stereocenters. The van der Waals surface area contributed by atoms with Gasteiger partial charge in [-0.3, -0.25) is 4.79 Å². The number of aromatic nitrogens is 1. The van der Waals surface area contributed by atoms with E-state index < -0.39 is 11.8 Å². The molecule has 2 aromatic carbocycles. The van der Waals surface area contributed by atoms with Crippen LogP contribution < -0.4 is 5.32 Å². The highest BCUT2D eigenvalue weighted by Crippen LogP contribution is 2.49. The zero-order chi connectivity index (χ0) is 23.2. The molecule has 0 aliphatic heterocycles. The first kappa shape index (κ1) is 21.9. The molecule has 0 atom stereocenters. The van der Waals surface area contributed by atoms with Gasteiger partial charge in [0.05, 0.1) is 16.8 Å². The van der Waals surface area contributed by atoms with Crippen LogP contribution in [0.1, 0.15) is 54.4 Å². The number of hydrogen-bond acceptors (Lipinski definition) is 4. The molecule has 0 spiro atoms. The number of hydrogen-bond donors (Lipinski definition) is 2. The Bertz CT molecular complexity index is 1230. The summed E-state index contributed by atoms with van der Waals surface area (Å²) >= 11 is 3.54. The number of pyridine rings is 1. The number of nitrogens with one attached hydrogen (secondary N) is 1. The van der Waals surface area contributed by atoms with Crippen molar-refractivity contribution in [2.24, 2.45) is 0 Å². The Labute approximate surface area is 200 Å². The van der Waals surface area contributed by atoms with E-state index in [0.29, 0.717) is 44.1 Å². The predicted octanol–water partition coefficient (Wildman–Crippen LogP) is 6.24. The summed E-state index contributed by atoms with van der Waals surface area (Å²) in [6.07, 6.45) is 2.82. The van der Waals surface area contributed by atoms with Crippen molar-refractivity contribution in [1.82, 2.24) is 10.3 Å². The molecule has 2 N–H and O–H groups in total. The van der Waals surface area contributed by atoms with Gasteiger partial charge in [-0.2, -0.15) is 0 Å². The molecular formula is C26H25BrN2O4. The van der Waals surface area contributed by atoms with Crippen LogP contribution in [0.3, 0.4) is 0 Å². The van der Waals surface area contributed by atoms with Gasteiger partial charge in [-0.15, -0.1) is 0 Å². The summed E-state index contributed by atoms with van der Waals surface area (Å²) in [7, 11) is 0. The van der Waals surface area contributed by atoms with E-state index in [1.807, 2.05) is 55.5 Å². The fourth-order valence-electron chi connectivity index (χ4n) is 5.48. The van der Waals surface area contributed by atoms with Gasteiger partial charge in [0.25, 0.3) is 5.91 Å². The fraction of sp³-hybridized carbons (Fsp3) is 0.346. The van der Waals surface area contributed by atoms with E-state index in [4.69, 9.17) is 14.8 Å². The van der Waals surface area contributed by atoms with Crippen LogP contribution in [-0.4, -0.2) is 33.3 Å². The Kier molecular flexibility index (Phi) is 5.40. The van der Waals surface area contributed by atoms with Crippen molar-refractivity contribution >= 4 is 38.9 Å². The third-order valence-electron chi connectivity index (χ3n) is 7.32. The average Bonchev–Trinajstić information content (AvgIpc) is 2.80. The average molecular weight is 509 g/mol. The molecule has 3 aliphatic rings. The molecule has 6 nitrogen and oxygen atoms in total. The number of rotatable bonds is 4. The van der Waals surface area contributed by atoms with Gasteiger partial charge in [-0.1, -0.05) is 46.3 Å². The quantitative estimate of drug-likeness (QED) is 0.407. The van der Waals surface area contributed by atoms with Crippen molar-refractivity contribution in [2.45, 2.75) is 56.6 Å². The van der Waals surface area contributed by atoms with Crippen LogP contribution in [0.25, 0.3) is 22.2 Å². The number of fused-ring (bicyclic) bond motifs is 4. The third-order valence-corrected chi connectivity index (χ3v) is 7.82. The molecule has 1 amide bonds. The summed E-state index contributed by atoms with van der Waals surface area (Å²) in [4.78, 5) is 29.8. The van der Waals surface area contributed by atoms with Gasteiger partial charge >= 0.3 is 6.16 Å². The lowest BCUT2D eigenvalue weighted by Crippen LogP contribution is -2.59. The molecule has 0 saturated heterocycles. The lowest BCUT2D eigenvalue weighted by atomic mass is 9.63. The van der Waals surface area contributed by atoms with Crippen molar-refractivity contribution in [3.63, 3.8) is 0 Å². The molecule has 3 fully saturated rings. The Morgan fingerprint density at radius 2 is 1.70 bits per heavy atom. The number of carbonyl (C=O) groups is 2. The van der Waals surface area contributed by atoms with Gasteiger partial charge in [-0.25, -0.2) is 9.78 Å². The number of ether oxygens (including phenoxy) is 1. The SMILES string of the molecule is Cc1c(-c2ccccc2)nc2ccc(Br)cc2c1C(=O)NC12CCC(OC(=O)O)(CC1)CC2. The van der Waals surface area contributed by atoms with Crippen LogP contribution in [0.4, 0.5) is 4.79 Å². The number of amides is 1. The van der Waals surface area contributed by atoms with Crippen LogP contribution in [0, 0.1) is 6.92 Å². The number of carboxylic acid groups (broad SMARTS) is 1. The van der Waals surface area contributed by atoms with Gasteiger partial charge in [0.1, 0.15) is 5.60 Å². The first-order valence-corrected chi connectivity index (χ1v) is 12.0. The van der Waals surface area contributed by atoms with Gasteiger partial charge < -0.3 is 15.2 Å². The molecular weight excluding hydrogens is 484 g/mol. The summed E-state index contributed by atoms with van der Waals surface area (Å²) < 4.78 is 6.14. The molecule has 2 bridgehead atoms. The van der Waals surface area contributed by atoms with Gasteiger partial charge in [0, 0.05) is 21.0 Å². The van der Waals surface area contributed by atoms with Crippen molar-refractivity contribution < 1.29 is 19.4 Å². The minimum Gasteiger partial charge on any atom is -0.450 e. The smallest absolute Gasteiger partial charge is 0.450 e. The molecule has 1 heterocycles. The standard InChI is InChI=1S/C26H25BrN2O4/c1-16-21(23(30)29-25-9-12-26(13-10-25,14-11-25)33-24(31)32)19-15-18(27)7-8-20(19)28-22(16)17-5-3-2-4-6-17/h2-8,15H,9-14H2,1H3,(H,29,30)(H,31,32). The number of halogens is 1. The van der Waals surface area contributed by atoms with Crippen molar-refractivity contribution in [2.75, 3.05) is 0 Å². The lowest BCUT2D eigenvalue weighted by Gasteiger charge is -2.52. The molecule has 170 valence electrons. The van der Waals surface area contributed by atoms with Crippen molar-refractivity contribution in [3.8, 4) is 11.3 Å². The maximum Gasteiger partial charge on any atom is 0.506 e. The highest BCUT2D eigenvalue weighted by Gasteiger charge is 2.51. The molecule has 0 radical (unpaired) electrons. The molecule has 7 heteroatoms. The van der Waals surface area contributed by atoms with E-state index in [-0.39, 0.29) is 11.4 Å². The summed E-state index contributed by atoms with van der Waals surface area (Å²) in [6.45, 7) is 1.95. The maximum absolute atomic E-state index is 13.8. The monoisotopic (exact) mass is 508 g/mol. The fourth-order valence-corrected chi connectivity index (χ4v) is 5.84. The minimum atomic E-state index is -1.22.